The third-order valence-electron chi connectivity index (χ3n) is 6.15. The minimum Gasteiger partial charge on any atom is -0.497 e. The summed E-state index contributed by atoms with van der Waals surface area (Å²) in [6.07, 6.45) is 0. The molecule has 4 aromatic rings. The standard InChI is InChI=1S/C29H29NO4/c1-19(20-13-14-22-18-23(32-2)16-15-21(22)17-20)29(31)30-28(24-9-5-7-11-26(24)33-3)25-10-6-8-12-27(25)34-4/h5-19,28H,1-4H3,(H,30,31)/t19-/m1/s1. The smallest absolute Gasteiger partial charge is 0.228 e. The van der Waals surface area contributed by atoms with Crippen molar-refractivity contribution in [1.82, 2.24) is 5.32 Å². The molecule has 4 aromatic carbocycles. The van der Waals surface area contributed by atoms with Gasteiger partial charge in [-0.2, -0.15) is 0 Å². The Kier molecular flexibility index (Phi) is 7.02. The van der Waals surface area contributed by atoms with Crippen LogP contribution < -0.4 is 19.5 Å². The van der Waals surface area contributed by atoms with Crippen molar-refractivity contribution in [3.05, 3.63) is 102 Å². The van der Waals surface area contributed by atoms with E-state index in [0.717, 1.165) is 33.2 Å². The normalized spacial score (nSPS) is 11.8. The summed E-state index contributed by atoms with van der Waals surface area (Å²) >= 11 is 0. The number of benzene rings is 4. The summed E-state index contributed by atoms with van der Waals surface area (Å²) in [5, 5.41) is 5.37. The molecule has 0 heterocycles. The SMILES string of the molecule is COc1ccc2cc([C@@H](C)C(=O)NC(c3ccccc3OC)c3ccccc3OC)ccc2c1. The van der Waals surface area contributed by atoms with E-state index in [1.54, 1.807) is 21.3 Å². The molecule has 5 nitrogen and oxygen atoms in total. The molecule has 34 heavy (non-hydrogen) atoms. The van der Waals surface area contributed by atoms with Gasteiger partial charge in [0.2, 0.25) is 5.91 Å². The summed E-state index contributed by atoms with van der Waals surface area (Å²) in [5.41, 5.74) is 2.66. The van der Waals surface area contributed by atoms with Crippen LogP contribution in [-0.4, -0.2) is 27.2 Å². The van der Waals surface area contributed by atoms with E-state index < -0.39 is 6.04 Å². The van der Waals surface area contributed by atoms with E-state index in [9.17, 15) is 4.79 Å². The summed E-state index contributed by atoms with van der Waals surface area (Å²) in [6, 6.07) is 27.0. The van der Waals surface area contributed by atoms with Crippen molar-refractivity contribution in [2.75, 3.05) is 21.3 Å². The number of ether oxygens (including phenoxy) is 3. The van der Waals surface area contributed by atoms with Crippen molar-refractivity contribution in [3.63, 3.8) is 0 Å². The molecule has 0 aliphatic heterocycles. The molecule has 0 aromatic heterocycles. The average Bonchev–Trinajstić information content (AvgIpc) is 2.90. The number of para-hydroxylation sites is 2. The number of hydrogen-bond donors (Lipinski definition) is 1. The Morgan fingerprint density at radius 1 is 0.706 bits per heavy atom. The highest BCUT2D eigenvalue weighted by Gasteiger charge is 2.26. The molecular formula is C29H29NO4. The zero-order valence-corrected chi connectivity index (χ0v) is 19.9. The van der Waals surface area contributed by atoms with Gasteiger partial charge in [0, 0.05) is 11.1 Å². The van der Waals surface area contributed by atoms with Gasteiger partial charge in [0.15, 0.2) is 0 Å². The lowest BCUT2D eigenvalue weighted by Crippen LogP contribution is -2.33. The van der Waals surface area contributed by atoms with E-state index in [2.05, 4.69) is 11.4 Å². The summed E-state index contributed by atoms with van der Waals surface area (Å²) in [4.78, 5) is 13.5. The van der Waals surface area contributed by atoms with Crippen LogP contribution in [0.1, 0.15) is 35.6 Å². The second-order valence-corrected chi connectivity index (χ2v) is 8.12. The van der Waals surface area contributed by atoms with Crippen molar-refractivity contribution in [2.45, 2.75) is 18.9 Å². The number of fused-ring (bicyclic) bond motifs is 1. The maximum absolute atomic E-state index is 13.5. The predicted octanol–water partition coefficient (Wildman–Crippen LogP) is 5.87. The summed E-state index contributed by atoms with van der Waals surface area (Å²) in [7, 11) is 4.92. The van der Waals surface area contributed by atoms with Gasteiger partial charge in [0.05, 0.1) is 33.3 Å². The molecule has 5 heteroatoms. The van der Waals surface area contributed by atoms with Gasteiger partial charge in [0.25, 0.3) is 0 Å². The fourth-order valence-electron chi connectivity index (χ4n) is 4.19. The van der Waals surface area contributed by atoms with Gasteiger partial charge >= 0.3 is 0 Å². The molecule has 0 aliphatic carbocycles. The van der Waals surface area contributed by atoms with Crippen LogP contribution in [0, 0.1) is 0 Å². The lowest BCUT2D eigenvalue weighted by molar-refractivity contribution is -0.122. The van der Waals surface area contributed by atoms with Crippen LogP contribution in [0.3, 0.4) is 0 Å². The molecule has 0 fully saturated rings. The Morgan fingerprint density at radius 3 is 1.85 bits per heavy atom. The van der Waals surface area contributed by atoms with Gasteiger partial charge in [-0.3, -0.25) is 4.79 Å². The Morgan fingerprint density at radius 2 is 1.26 bits per heavy atom. The number of nitrogens with one attached hydrogen (secondary N) is 1. The summed E-state index contributed by atoms with van der Waals surface area (Å²) < 4.78 is 16.5. The highest BCUT2D eigenvalue weighted by molar-refractivity contribution is 5.88. The van der Waals surface area contributed by atoms with Crippen LogP contribution >= 0.6 is 0 Å². The van der Waals surface area contributed by atoms with Crippen LogP contribution in [0.4, 0.5) is 0 Å². The molecule has 4 rings (SSSR count). The van der Waals surface area contributed by atoms with Crippen LogP contribution in [0.25, 0.3) is 10.8 Å². The van der Waals surface area contributed by atoms with Crippen LogP contribution in [0.2, 0.25) is 0 Å². The van der Waals surface area contributed by atoms with Gasteiger partial charge in [0.1, 0.15) is 17.2 Å². The van der Waals surface area contributed by atoms with Gasteiger partial charge in [-0.15, -0.1) is 0 Å². The molecular weight excluding hydrogens is 426 g/mol. The zero-order valence-electron chi connectivity index (χ0n) is 19.9. The van der Waals surface area contributed by atoms with E-state index in [1.807, 2.05) is 85.8 Å². The average molecular weight is 456 g/mol. The van der Waals surface area contributed by atoms with Crippen molar-refractivity contribution in [2.24, 2.45) is 0 Å². The quantitative estimate of drug-likeness (QED) is 0.361. The molecule has 0 aliphatic rings. The molecule has 0 bridgehead atoms. The maximum Gasteiger partial charge on any atom is 0.228 e. The van der Waals surface area contributed by atoms with Gasteiger partial charge in [-0.25, -0.2) is 0 Å². The monoisotopic (exact) mass is 455 g/mol. The van der Waals surface area contributed by atoms with Gasteiger partial charge in [-0.05, 0) is 47.5 Å². The Hall–Kier alpha value is -3.99. The Bertz CT molecular complexity index is 1250. The molecule has 0 unspecified atom stereocenters. The molecule has 174 valence electrons. The molecule has 0 saturated carbocycles. The predicted molar refractivity (Wildman–Crippen MR) is 135 cm³/mol. The summed E-state index contributed by atoms with van der Waals surface area (Å²) in [6.45, 7) is 1.92. The first kappa shape index (κ1) is 23.2. The molecule has 1 N–H and O–H groups in total. The van der Waals surface area contributed by atoms with Crippen molar-refractivity contribution >= 4 is 16.7 Å². The molecule has 0 radical (unpaired) electrons. The number of carbonyl (C=O) groups excluding carboxylic acids is 1. The zero-order chi connectivity index (χ0) is 24.1. The number of methoxy groups -OCH3 is 3. The highest BCUT2D eigenvalue weighted by atomic mass is 16.5. The van der Waals surface area contributed by atoms with Gasteiger partial charge in [-0.1, -0.05) is 60.7 Å². The molecule has 0 spiro atoms. The highest BCUT2D eigenvalue weighted by Crippen LogP contribution is 2.35. The third-order valence-corrected chi connectivity index (χ3v) is 6.15. The number of hydrogen-bond acceptors (Lipinski definition) is 4. The lowest BCUT2D eigenvalue weighted by Gasteiger charge is -2.25. The van der Waals surface area contributed by atoms with E-state index in [4.69, 9.17) is 14.2 Å². The number of rotatable bonds is 8. The van der Waals surface area contributed by atoms with E-state index in [0.29, 0.717) is 11.5 Å². The third kappa shape index (κ3) is 4.69. The minimum absolute atomic E-state index is 0.0883. The first-order chi connectivity index (χ1) is 16.5. The van der Waals surface area contributed by atoms with Crippen molar-refractivity contribution in [1.29, 1.82) is 0 Å². The Balaban J connectivity index is 1.68. The van der Waals surface area contributed by atoms with Crippen molar-refractivity contribution < 1.29 is 19.0 Å². The molecule has 1 amide bonds. The topological polar surface area (TPSA) is 56.8 Å². The van der Waals surface area contributed by atoms with E-state index >= 15 is 0 Å². The number of amides is 1. The second kappa shape index (κ2) is 10.3. The van der Waals surface area contributed by atoms with E-state index in [1.165, 1.54) is 0 Å². The van der Waals surface area contributed by atoms with Crippen LogP contribution in [0.5, 0.6) is 17.2 Å². The minimum atomic E-state index is -0.438. The fraction of sp³-hybridized carbons (Fsp3) is 0.207. The first-order valence-corrected chi connectivity index (χ1v) is 11.2. The largest absolute Gasteiger partial charge is 0.497 e. The maximum atomic E-state index is 13.5. The van der Waals surface area contributed by atoms with E-state index in [-0.39, 0.29) is 11.8 Å². The number of carbonyl (C=O) groups is 1. The molecule has 1 atom stereocenters. The Labute approximate surface area is 200 Å². The first-order valence-electron chi connectivity index (χ1n) is 11.2. The lowest BCUT2D eigenvalue weighted by atomic mass is 9.93. The second-order valence-electron chi connectivity index (χ2n) is 8.12. The van der Waals surface area contributed by atoms with Crippen LogP contribution in [0.15, 0.2) is 84.9 Å². The van der Waals surface area contributed by atoms with Crippen LogP contribution in [-0.2, 0) is 4.79 Å². The fourth-order valence-corrected chi connectivity index (χ4v) is 4.19. The van der Waals surface area contributed by atoms with Gasteiger partial charge < -0.3 is 19.5 Å². The summed E-state index contributed by atoms with van der Waals surface area (Å²) in [5.74, 6) is 1.76. The molecule has 0 saturated heterocycles. The van der Waals surface area contributed by atoms with Crippen molar-refractivity contribution in [3.8, 4) is 17.2 Å².